The van der Waals surface area contributed by atoms with Crippen molar-refractivity contribution in [3.05, 3.63) is 35.4 Å². The Balaban J connectivity index is 2.97. The zero-order chi connectivity index (χ0) is 10.0. The molecule has 1 aromatic carbocycles. The summed E-state index contributed by atoms with van der Waals surface area (Å²) in [6.45, 7) is 1.59. The van der Waals surface area contributed by atoms with Crippen LogP contribution in [0.4, 0.5) is 8.78 Å². The number of hydrogen-bond donors (Lipinski definition) is 2. The summed E-state index contributed by atoms with van der Waals surface area (Å²) in [5.74, 6) is -1.90. The molecule has 0 heterocycles. The van der Waals surface area contributed by atoms with E-state index in [0.717, 1.165) is 12.1 Å². The Morgan fingerprint density at radius 3 is 2.38 bits per heavy atom. The van der Waals surface area contributed by atoms with Crippen molar-refractivity contribution >= 4 is 0 Å². The van der Waals surface area contributed by atoms with Crippen LogP contribution in [0.1, 0.15) is 18.6 Å². The first kappa shape index (κ1) is 10.1. The second-order valence-electron chi connectivity index (χ2n) is 2.98. The third-order valence-electron chi connectivity index (χ3n) is 1.78. The molecule has 1 aromatic rings. The van der Waals surface area contributed by atoms with E-state index in [4.69, 9.17) is 5.73 Å². The predicted molar refractivity (Wildman–Crippen MR) is 45.0 cm³/mol. The van der Waals surface area contributed by atoms with E-state index in [1.54, 1.807) is 6.92 Å². The van der Waals surface area contributed by atoms with Gasteiger partial charge in [0.15, 0.2) is 11.6 Å². The van der Waals surface area contributed by atoms with Crippen molar-refractivity contribution in [2.75, 3.05) is 0 Å². The number of halogens is 2. The lowest BCUT2D eigenvalue weighted by Gasteiger charge is -2.14. The first-order chi connectivity index (χ1) is 6.02. The van der Waals surface area contributed by atoms with Gasteiger partial charge in [-0.25, -0.2) is 8.78 Å². The zero-order valence-electron chi connectivity index (χ0n) is 7.17. The Kier molecular flexibility index (Phi) is 2.95. The second kappa shape index (κ2) is 3.81. The minimum Gasteiger partial charge on any atom is -0.387 e. The fraction of sp³-hybridized carbons (Fsp3) is 0.333. The van der Waals surface area contributed by atoms with E-state index < -0.39 is 23.8 Å². The first-order valence-electron chi connectivity index (χ1n) is 3.91. The van der Waals surface area contributed by atoms with Gasteiger partial charge in [-0.1, -0.05) is 6.07 Å². The summed E-state index contributed by atoms with van der Waals surface area (Å²) >= 11 is 0. The molecule has 0 fully saturated rings. The number of hydrogen-bond acceptors (Lipinski definition) is 2. The molecule has 2 nitrogen and oxygen atoms in total. The summed E-state index contributed by atoms with van der Waals surface area (Å²) in [4.78, 5) is 0. The van der Waals surface area contributed by atoms with E-state index in [-0.39, 0.29) is 5.56 Å². The summed E-state index contributed by atoms with van der Waals surface area (Å²) in [5.41, 5.74) is 5.68. The fourth-order valence-corrected chi connectivity index (χ4v) is 1.000. The van der Waals surface area contributed by atoms with Crippen molar-refractivity contribution in [1.82, 2.24) is 0 Å². The largest absolute Gasteiger partial charge is 0.387 e. The zero-order valence-corrected chi connectivity index (χ0v) is 7.17. The van der Waals surface area contributed by atoms with Gasteiger partial charge in [-0.15, -0.1) is 0 Å². The molecule has 0 saturated heterocycles. The highest BCUT2D eigenvalue weighted by atomic mass is 19.2. The minimum absolute atomic E-state index is 0.286. The van der Waals surface area contributed by atoms with Crippen LogP contribution in [0, 0.1) is 11.6 Å². The molecule has 0 saturated carbocycles. The Morgan fingerprint density at radius 1 is 1.31 bits per heavy atom. The van der Waals surface area contributed by atoms with Crippen molar-refractivity contribution in [2.45, 2.75) is 19.1 Å². The molecule has 1 unspecified atom stereocenters. The van der Waals surface area contributed by atoms with Crippen LogP contribution in [-0.2, 0) is 0 Å². The predicted octanol–water partition coefficient (Wildman–Crippen LogP) is 1.35. The number of aliphatic hydroxyl groups excluding tert-OH is 1. The van der Waals surface area contributed by atoms with E-state index in [2.05, 4.69) is 0 Å². The molecule has 0 radical (unpaired) electrons. The van der Waals surface area contributed by atoms with Crippen molar-refractivity contribution in [3.63, 3.8) is 0 Å². The topological polar surface area (TPSA) is 46.2 Å². The average molecular weight is 187 g/mol. The summed E-state index contributed by atoms with van der Waals surface area (Å²) in [6.07, 6.45) is -0.963. The summed E-state index contributed by atoms with van der Waals surface area (Å²) in [7, 11) is 0. The van der Waals surface area contributed by atoms with Crippen LogP contribution in [0.3, 0.4) is 0 Å². The quantitative estimate of drug-likeness (QED) is 0.734. The van der Waals surface area contributed by atoms with Gasteiger partial charge in [-0.3, -0.25) is 0 Å². The van der Waals surface area contributed by atoms with Gasteiger partial charge in [0.05, 0.1) is 6.10 Å². The molecule has 2 atom stereocenters. The van der Waals surface area contributed by atoms with Crippen LogP contribution < -0.4 is 5.73 Å². The molecular weight excluding hydrogens is 176 g/mol. The van der Waals surface area contributed by atoms with Gasteiger partial charge in [-0.2, -0.15) is 0 Å². The highest BCUT2D eigenvalue weighted by Crippen LogP contribution is 2.17. The molecule has 0 aliphatic rings. The third-order valence-corrected chi connectivity index (χ3v) is 1.78. The summed E-state index contributed by atoms with van der Waals surface area (Å²) in [6, 6.07) is 2.72. The van der Waals surface area contributed by atoms with Crippen molar-refractivity contribution < 1.29 is 13.9 Å². The lowest BCUT2D eigenvalue weighted by Crippen LogP contribution is -2.24. The number of nitrogens with two attached hydrogens (primary N) is 1. The van der Waals surface area contributed by atoms with Crippen LogP contribution >= 0.6 is 0 Å². The highest BCUT2D eigenvalue weighted by Gasteiger charge is 2.14. The van der Waals surface area contributed by atoms with Gasteiger partial charge in [0.25, 0.3) is 0 Å². The van der Waals surface area contributed by atoms with E-state index in [0.29, 0.717) is 0 Å². The van der Waals surface area contributed by atoms with Gasteiger partial charge in [-0.05, 0) is 24.6 Å². The number of rotatable bonds is 2. The van der Waals surface area contributed by atoms with Crippen molar-refractivity contribution in [2.24, 2.45) is 5.73 Å². The molecule has 0 aliphatic carbocycles. The lowest BCUT2D eigenvalue weighted by molar-refractivity contribution is 0.153. The lowest BCUT2D eigenvalue weighted by atomic mass is 10.0. The Labute approximate surface area is 75.0 Å². The van der Waals surface area contributed by atoms with Crippen molar-refractivity contribution in [1.29, 1.82) is 0 Å². The smallest absolute Gasteiger partial charge is 0.159 e. The molecular formula is C9H11F2NO. The molecule has 72 valence electrons. The minimum atomic E-state index is -0.975. The summed E-state index contributed by atoms with van der Waals surface area (Å²) in [5, 5.41) is 9.40. The normalized spacial score (nSPS) is 15.5. The van der Waals surface area contributed by atoms with Crippen LogP contribution in [0.15, 0.2) is 18.2 Å². The Bertz CT molecular complexity index is 302. The molecule has 0 bridgehead atoms. The molecule has 0 amide bonds. The maximum atomic E-state index is 12.7. The van der Waals surface area contributed by atoms with Gasteiger partial charge in [0, 0.05) is 6.04 Å². The molecule has 4 heteroatoms. The SMILES string of the molecule is C[C@@H](N)C(O)c1ccc(F)c(F)c1. The number of benzene rings is 1. The van der Waals surface area contributed by atoms with Crippen LogP contribution in [-0.4, -0.2) is 11.1 Å². The van der Waals surface area contributed by atoms with E-state index in [1.165, 1.54) is 6.07 Å². The molecule has 0 aliphatic heterocycles. The maximum absolute atomic E-state index is 12.7. The average Bonchev–Trinajstić information content (AvgIpc) is 2.08. The monoisotopic (exact) mass is 187 g/mol. The number of aliphatic hydroxyl groups is 1. The molecule has 13 heavy (non-hydrogen) atoms. The van der Waals surface area contributed by atoms with Crippen LogP contribution in [0.2, 0.25) is 0 Å². The molecule has 1 rings (SSSR count). The first-order valence-corrected chi connectivity index (χ1v) is 3.91. The third kappa shape index (κ3) is 2.23. The summed E-state index contributed by atoms with van der Waals surface area (Å²) < 4.78 is 25.2. The van der Waals surface area contributed by atoms with Gasteiger partial charge >= 0.3 is 0 Å². The Hall–Kier alpha value is -1.00. The standard InChI is InChI=1S/C9H11F2NO/c1-5(12)9(13)6-2-3-7(10)8(11)4-6/h2-5,9,13H,12H2,1H3/t5-,9?/m1/s1. The fourth-order valence-electron chi connectivity index (χ4n) is 1.000. The molecule has 3 N–H and O–H groups in total. The van der Waals surface area contributed by atoms with Gasteiger partial charge in [0.1, 0.15) is 0 Å². The highest BCUT2D eigenvalue weighted by molar-refractivity contribution is 5.20. The Morgan fingerprint density at radius 2 is 1.92 bits per heavy atom. The van der Waals surface area contributed by atoms with Crippen LogP contribution in [0.5, 0.6) is 0 Å². The van der Waals surface area contributed by atoms with E-state index in [9.17, 15) is 13.9 Å². The van der Waals surface area contributed by atoms with Crippen molar-refractivity contribution in [3.8, 4) is 0 Å². The van der Waals surface area contributed by atoms with Crippen LogP contribution in [0.25, 0.3) is 0 Å². The van der Waals surface area contributed by atoms with Gasteiger partial charge < -0.3 is 10.8 Å². The second-order valence-corrected chi connectivity index (χ2v) is 2.98. The van der Waals surface area contributed by atoms with E-state index in [1.807, 2.05) is 0 Å². The van der Waals surface area contributed by atoms with Gasteiger partial charge in [0.2, 0.25) is 0 Å². The molecule has 0 spiro atoms. The maximum Gasteiger partial charge on any atom is 0.159 e. The van der Waals surface area contributed by atoms with E-state index >= 15 is 0 Å². The molecule has 0 aromatic heterocycles.